The van der Waals surface area contributed by atoms with Gasteiger partial charge in [-0.3, -0.25) is 0 Å². The molecule has 2 nitrogen and oxygen atoms in total. The fourth-order valence-corrected chi connectivity index (χ4v) is 3.88. The van der Waals surface area contributed by atoms with Crippen LogP contribution in [0.4, 0.5) is 5.69 Å². The minimum absolute atomic E-state index is 0.176. The van der Waals surface area contributed by atoms with Crippen molar-refractivity contribution in [2.75, 3.05) is 11.9 Å². The van der Waals surface area contributed by atoms with Gasteiger partial charge in [-0.05, 0) is 52.5 Å². The van der Waals surface area contributed by atoms with Crippen molar-refractivity contribution in [3.8, 4) is 0 Å². The van der Waals surface area contributed by atoms with Crippen LogP contribution < -0.4 is 10.6 Å². The molecule has 0 saturated heterocycles. The van der Waals surface area contributed by atoms with E-state index in [4.69, 9.17) is 17.3 Å². The standard InChI is InChI=1S/C16H20BrClN2S/c1-3-13(19)6-11-4-5-14(8-16(11)18)20(2)9-15-7-12(17)10-21-15/h4-5,7-8,10,13H,3,6,9,19H2,1-2H3. The molecule has 1 unspecified atom stereocenters. The molecule has 2 aromatic rings. The highest BCUT2D eigenvalue weighted by molar-refractivity contribution is 9.10. The van der Waals surface area contributed by atoms with E-state index in [9.17, 15) is 0 Å². The molecule has 5 heteroatoms. The molecule has 0 aliphatic carbocycles. The predicted molar refractivity (Wildman–Crippen MR) is 97.5 cm³/mol. The first kappa shape index (κ1) is 16.8. The summed E-state index contributed by atoms with van der Waals surface area (Å²) < 4.78 is 1.14. The number of nitrogens with zero attached hydrogens (tertiary/aromatic N) is 1. The van der Waals surface area contributed by atoms with Gasteiger partial charge in [0.25, 0.3) is 0 Å². The molecule has 21 heavy (non-hydrogen) atoms. The topological polar surface area (TPSA) is 29.3 Å². The minimum Gasteiger partial charge on any atom is -0.369 e. The number of rotatable bonds is 6. The highest BCUT2D eigenvalue weighted by Crippen LogP contribution is 2.27. The highest BCUT2D eigenvalue weighted by Gasteiger charge is 2.09. The average molecular weight is 388 g/mol. The van der Waals surface area contributed by atoms with Crippen LogP contribution in [0.2, 0.25) is 5.02 Å². The molecule has 2 N–H and O–H groups in total. The summed E-state index contributed by atoms with van der Waals surface area (Å²) in [5, 5.41) is 2.90. The second-order valence-corrected chi connectivity index (χ2v) is 7.55. The molecule has 1 aromatic heterocycles. The molecular weight excluding hydrogens is 368 g/mol. The Labute approximate surface area is 144 Å². The van der Waals surface area contributed by atoms with Crippen LogP contribution in [0.5, 0.6) is 0 Å². The monoisotopic (exact) mass is 386 g/mol. The summed E-state index contributed by atoms with van der Waals surface area (Å²) in [7, 11) is 2.08. The molecule has 0 amide bonds. The number of nitrogens with two attached hydrogens (primary N) is 1. The maximum Gasteiger partial charge on any atom is 0.0519 e. The Morgan fingerprint density at radius 2 is 2.14 bits per heavy atom. The van der Waals surface area contributed by atoms with Crippen LogP contribution in [0, 0.1) is 0 Å². The summed E-state index contributed by atoms with van der Waals surface area (Å²) in [6.07, 6.45) is 1.79. The lowest BCUT2D eigenvalue weighted by atomic mass is 10.0. The molecule has 0 fully saturated rings. The first-order valence-corrected chi connectivity index (χ1v) is 9.02. The third-order valence-electron chi connectivity index (χ3n) is 3.50. The van der Waals surface area contributed by atoms with Crippen molar-refractivity contribution < 1.29 is 0 Å². The van der Waals surface area contributed by atoms with E-state index in [2.05, 4.69) is 58.4 Å². The third kappa shape index (κ3) is 4.71. The first-order valence-electron chi connectivity index (χ1n) is 6.97. The Bertz CT molecular complexity index is 600. The van der Waals surface area contributed by atoms with Crippen LogP contribution in [0.15, 0.2) is 34.1 Å². The average Bonchev–Trinajstić information content (AvgIpc) is 2.86. The number of benzene rings is 1. The number of hydrogen-bond acceptors (Lipinski definition) is 3. The van der Waals surface area contributed by atoms with Crippen molar-refractivity contribution in [2.24, 2.45) is 5.73 Å². The van der Waals surface area contributed by atoms with Gasteiger partial charge in [0.15, 0.2) is 0 Å². The van der Waals surface area contributed by atoms with Gasteiger partial charge in [0.05, 0.1) is 6.54 Å². The van der Waals surface area contributed by atoms with Crippen LogP contribution in [-0.4, -0.2) is 13.1 Å². The van der Waals surface area contributed by atoms with E-state index < -0.39 is 0 Å². The molecule has 0 radical (unpaired) electrons. The molecule has 0 aliphatic rings. The molecule has 0 spiro atoms. The largest absolute Gasteiger partial charge is 0.369 e. The maximum absolute atomic E-state index is 6.39. The zero-order chi connectivity index (χ0) is 15.4. The van der Waals surface area contributed by atoms with Crippen LogP contribution in [0.1, 0.15) is 23.8 Å². The fraction of sp³-hybridized carbons (Fsp3) is 0.375. The van der Waals surface area contributed by atoms with Gasteiger partial charge in [0.2, 0.25) is 0 Å². The summed E-state index contributed by atoms with van der Waals surface area (Å²) in [5.41, 5.74) is 8.25. The number of hydrogen-bond donors (Lipinski definition) is 1. The van der Waals surface area contributed by atoms with Crippen molar-refractivity contribution in [3.05, 3.63) is 49.6 Å². The third-order valence-corrected chi connectivity index (χ3v) is 5.53. The second kappa shape index (κ2) is 7.63. The van der Waals surface area contributed by atoms with Gasteiger partial charge in [-0.15, -0.1) is 11.3 Å². The predicted octanol–water partition coefficient (Wildman–Crippen LogP) is 5.08. The van der Waals surface area contributed by atoms with E-state index in [1.165, 1.54) is 4.88 Å². The van der Waals surface area contributed by atoms with Gasteiger partial charge in [-0.2, -0.15) is 0 Å². The maximum atomic E-state index is 6.39. The van der Waals surface area contributed by atoms with Crippen LogP contribution in [0.3, 0.4) is 0 Å². The van der Waals surface area contributed by atoms with Gasteiger partial charge >= 0.3 is 0 Å². The first-order chi connectivity index (χ1) is 9.99. The molecule has 0 bridgehead atoms. The highest BCUT2D eigenvalue weighted by atomic mass is 79.9. The van der Waals surface area contributed by atoms with Crippen LogP contribution >= 0.6 is 38.9 Å². The molecule has 0 aliphatic heterocycles. The van der Waals surface area contributed by atoms with Gasteiger partial charge in [-0.1, -0.05) is 24.6 Å². The van der Waals surface area contributed by atoms with Crippen molar-refractivity contribution in [3.63, 3.8) is 0 Å². The number of thiophene rings is 1. The number of anilines is 1. The Morgan fingerprint density at radius 3 is 2.71 bits per heavy atom. The zero-order valence-electron chi connectivity index (χ0n) is 12.3. The molecule has 1 atom stereocenters. The SMILES string of the molecule is CCC(N)Cc1ccc(N(C)Cc2cc(Br)cs2)cc1Cl. The van der Waals surface area contributed by atoms with Crippen molar-refractivity contribution in [2.45, 2.75) is 32.4 Å². The van der Waals surface area contributed by atoms with Gasteiger partial charge < -0.3 is 10.6 Å². The lowest BCUT2D eigenvalue weighted by Gasteiger charge is -2.20. The van der Waals surface area contributed by atoms with Crippen molar-refractivity contribution in [1.82, 2.24) is 0 Å². The summed E-state index contributed by atoms with van der Waals surface area (Å²) in [5.74, 6) is 0. The van der Waals surface area contributed by atoms with E-state index in [0.29, 0.717) is 0 Å². The van der Waals surface area contributed by atoms with E-state index in [0.717, 1.165) is 40.1 Å². The smallest absolute Gasteiger partial charge is 0.0519 e. The minimum atomic E-state index is 0.176. The van der Waals surface area contributed by atoms with Crippen LogP contribution in [-0.2, 0) is 13.0 Å². The quantitative estimate of drug-likeness (QED) is 0.749. The summed E-state index contributed by atoms with van der Waals surface area (Å²) >= 11 is 11.6. The molecule has 1 aromatic carbocycles. The lowest BCUT2D eigenvalue weighted by Crippen LogP contribution is -2.21. The van der Waals surface area contributed by atoms with Gasteiger partial charge in [0, 0.05) is 38.5 Å². The van der Waals surface area contributed by atoms with E-state index in [-0.39, 0.29) is 6.04 Å². The Hall–Kier alpha value is -0.550. The summed E-state index contributed by atoms with van der Waals surface area (Å²) in [6, 6.07) is 8.56. The normalized spacial score (nSPS) is 12.4. The van der Waals surface area contributed by atoms with E-state index >= 15 is 0 Å². The van der Waals surface area contributed by atoms with Gasteiger partial charge in [-0.25, -0.2) is 0 Å². The Morgan fingerprint density at radius 1 is 1.38 bits per heavy atom. The molecule has 2 rings (SSSR count). The lowest BCUT2D eigenvalue weighted by molar-refractivity contribution is 0.646. The van der Waals surface area contributed by atoms with Crippen molar-refractivity contribution in [1.29, 1.82) is 0 Å². The van der Waals surface area contributed by atoms with E-state index in [1.807, 2.05) is 6.07 Å². The Balaban J connectivity index is 2.08. The van der Waals surface area contributed by atoms with Crippen LogP contribution in [0.25, 0.3) is 0 Å². The zero-order valence-corrected chi connectivity index (χ0v) is 15.4. The Kier molecular flexibility index (Phi) is 6.11. The summed E-state index contributed by atoms with van der Waals surface area (Å²) in [6.45, 7) is 2.97. The fourth-order valence-electron chi connectivity index (χ4n) is 2.13. The van der Waals surface area contributed by atoms with Crippen molar-refractivity contribution >= 4 is 44.6 Å². The molecule has 114 valence electrons. The van der Waals surface area contributed by atoms with E-state index in [1.54, 1.807) is 11.3 Å². The molecule has 1 heterocycles. The molecular formula is C16H20BrClN2S. The van der Waals surface area contributed by atoms with Gasteiger partial charge in [0.1, 0.15) is 0 Å². The number of halogens is 2. The second-order valence-electron chi connectivity index (χ2n) is 5.24. The molecule has 0 saturated carbocycles. The summed E-state index contributed by atoms with van der Waals surface area (Å²) in [4.78, 5) is 3.52.